The number of carbonyl (C=O) groups is 2. The first-order valence-corrected chi connectivity index (χ1v) is 8.13. The third kappa shape index (κ3) is 5.84. The summed E-state index contributed by atoms with van der Waals surface area (Å²) in [4.78, 5) is 23.0. The Morgan fingerprint density at radius 1 is 1.50 bits per heavy atom. The first-order chi connectivity index (χ1) is 10.8. The third-order valence-electron chi connectivity index (χ3n) is 3.06. The van der Waals surface area contributed by atoms with Gasteiger partial charge in [-0.05, 0) is 31.5 Å². The zero-order valence-electron chi connectivity index (χ0n) is 13.6. The molecule has 1 amide bonds. The van der Waals surface area contributed by atoms with Gasteiger partial charge in [0.1, 0.15) is 0 Å². The minimum Gasteiger partial charge on any atom is -0.478 e. The Morgan fingerprint density at radius 2 is 2.12 bits per heavy atom. The Morgan fingerprint density at radius 3 is 2.62 bits per heavy atom. The van der Waals surface area contributed by atoms with Crippen molar-refractivity contribution in [2.24, 2.45) is 0 Å². The maximum absolute atomic E-state index is 11.7. The van der Waals surface area contributed by atoms with Gasteiger partial charge in [0.2, 0.25) is 0 Å². The fourth-order valence-corrected chi connectivity index (χ4v) is 2.02. The zero-order valence-corrected chi connectivity index (χ0v) is 16.6. The van der Waals surface area contributed by atoms with Crippen LogP contribution in [0.5, 0.6) is 0 Å². The Labute approximate surface area is 161 Å². The number of alkyl halides is 1. The number of rotatable bonds is 7. The van der Waals surface area contributed by atoms with E-state index in [0.29, 0.717) is 16.9 Å². The van der Waals surface area contributed by atoms with E-state index in [2.05, 4.69) is 39.9 Å². The van der Waals surface area contributed by atoms with Gasteiger partial charge in [0, 0.05) is 7.05 Å². The molecule has 1 aromatic rings. The Balaban J connectivity index is 0.00000529. The van der Waals surface area contributed by atoms with Gasteiger partial charge in [-0.25, -0.2) is 14.6 Å². The molecule has 9 heteroatoms. The summed E-state index contributed by atoms with van der Waals surface area (Å²) < 4.78 is 4.88. The number of benzene rings is 1. The van der Waals surface area contributed by atoms with Gasteiger partial charge < -0.3 is 15.3 Å². The van der Waals surface area contributed by atoms with Gasteiger partial charge in [-0.15, -0.1) is 19.0 Å². The molecular formula is C15H21ClIN3O4. The third-order valence-corrected chi connectivity index (χ3v) is 4.40. The van der Waals surface area contributed by atoms with E-state index >= 15 is 0 Å². The number of hydrogen-bond acceptors (Lipinski definition) is 5. The number of ether oxygens (including phenoxy) is 1. The smallest absolute Gasteiger partial charge is 0.411 e. The number of aromatic carboxylic acids is 1. The van der Waals surface area contributed by atoms with E-state index in [9.17, 15) is 14.7 Å². The normalized spacial score (nSPS) is 11.2. The summed E-state index contributed by atoms with van der Waals surface area (Å²) in [6.07, 6.45) is 1.10. The van der Waals surface area contributed by atoms with Crippen LogP contribution in [0.2, 0.25) is 0 Å². The van der Waals surface area contributed by atoms with Crippen molar-refractivity contribution in [3.8, 4) is 0 Å². The van der Waals surface area contributed by atoms with Crippen LogP contribution in [-0.2, 0) is 4.74 Å². The lowest BCUT2D eigenvalue weighted by Crippen LogP contribution is -2.31. The first kappa shape index (κ1) is 22.5. The largest absolute Gasteiger partial charge is 0.478 e. The van der Waals surface area contributed by atoms with E-state index < -0.39 is 12.1 Å². The van der Waals surface area contributed by atoms with E-state index in [1.54, 1.807) is 31.0 Å². The molecule has 0 saturated carbocycles. The number of carbonyl (C=O) groups excluding carboxylic acids is 1. The average Bonchev–Trinajstić information content (AvgIpc) is 2.49. The maximum atomic E-state index is 11.7. The number of nitrogens with one attached hydrogen (secondary N) is 2. The van der Waals surface area contributed by atoms with Gasteiger partial charge in [0.15, 0.2) is 0 Å². The molecule has 7 nitrogen and oxygen atoms in total. The van der Waals surface area contributed by atoms with Crippen LogP contribution < -0.4 is 10.7 Å². The number of halogens is 2. The monoisotopic (exact) mass is 469 g/mol. The second-order valence-corrected chi connectivity index (χ2v) is 5.92. The highest BCUT2D eigenvalue weighted by molar-refractivity contribution is 14.1. The summed E-state index contributed by atoms with van der Waals surface area (Å²) in [6.45, 7) is 7.26. The predicted octanol–water partition coefficient (Wildman–Crippen LogP) is 3.89. The molecule has 1 atom stereocenters. The summed E-state index contributed by atoms with van der Waals surface area (Å²) in [5.41, 5.74) is 4.58. The Hall–Kier alpha value is -1.52. The standard InChI is InChI=1S/C15H20IN3O4.ClH/c1-5-12(16)19(4)18-11-8-7-10(14(20)21)9(3)13(11)17-15(22)23-6-2;/h5,7-8,12,18H,1,6H2,2-4H3,(H,17,22)(H,20,21);1H. The highest BCUT2D eigenvalue weighted by Gasteiger charge is 2.18. The quantitative estimate of drug-likeness (QED) is 0.185. The fourth-order valence-electron chi connectivity index (χ4n) is 1.88. The molecule has 1 unspecified atom stereocenters. The van der Waals surface area contributed by atoms with E-state index in [-0.39, 0.29) is 28.6 Å². The van der Waals surface area contributed by atoms with E-state index in [1.807, 2.05) is 7.05 Å². The van der Waals surface area contributed by atoms with Crippen LogP contribution in [0.15, 0.2) is 24.8 Å². The van der Waals surface area contributed by atoms with E-state index in [0.717, 1.165) is 0 Å². The molecule has 0 bridgehead atoms. The maximum Gasteiger partial charge on any atom is 0.411 e. The predicted molar refractivity (Wildman–Crippen MR) is 105 cm³/mol. The van der Waals surface area contributed by atoms with Crippen molar-refractivity contribution in [3.05, 3.63) is 35.9 Å². The average molecular weight is 470 g/mol. The topological polar surface area (TPSA) is 90.9 Å². The van der Waals surface area contributed by atoms with Gasteiger partial charge in [-0.2, -0.15) is 0 Å². The number of carboxylic acid groups (broad SMARTS) is 1. The van der Waals surface area contributed by atoms with Crippen molar-refractivity contribution >= 4 is 58.4 Å². The van der Waals surface area contributed by atoms with Gasteiger partial charge >= 0.3 is 12.1 Å². The molecule has 0 saturated heterocycles. The fraction of sp³-hybridized carbons (Fsp3) is 0.333. The van der Waals surface area contributed by atoms with Crippen LogP contribution in [-0.4, -0.2) is 39.9 Å². The van der Waals surface area contributed by atoms with Crippen molar-refractivity contribution in [2.45, 2.75) is 17.9 Å². The van der Waals surface area contributed by atoms with Crippen molar-refractivity contribution in [2.75, 3.05) is 24.4 Å². The Kier molecular flexibility index (Phi) is 9.71. The van der Waals surface area contributed by atoms with Crippen LogP contribution >= 0.6 is 35.0 Å². The molecule has 134 valence electrons. The van der Waals surface area contributed by atoms with Crippen molar-refractivity contribution < 1.29 is 19.4 Å². The number of hydrazine groups is 1. The van der Waals surface area contributed by atoms with Crippen LogP contribution in [0, 0.1) is 6.92 Å². The molecule has 3 N–H and O–H groups in total. The SMILES string of the molecule is C=CC(I)N(C)Nc1ccc(C(=O)O)c(C)c1NC(=O)OCC.Cl. The van der Waals surface area contributed by atoms with Gasteiger partial charge in [-0.1, -0.05) is 28.7 Å². The molecule has 24 heavy (non-hydrogen) atoms. The second kappa shape index (κ2) is 10.4. The van der Waals surface area contributed by atoms with Crippen LogP contribution in [0.1, 0.15) is 22.8 Å². The zero-order chi connectivity index (χ0) is 17.6. The molecule has 0 aliphatic rings. The minimum absolute atomic E-state index is 0. The van der Waals surface area contributed by atoms with Crippen molar-refractivity contribution in [1.29, 1.82) is 0 Å². The summed E-state index contributed by atoms with van der Waals surface area (Å²) in [7, 11) is 1.81. The van der Waals surface area contributed by atoms with Crippen LogP contribution in [0.3, 0.4) is 0 Å². The molecule has 1 aromatic carbocycles. The number of likely N-dealkylation sites (N-methyl/N-ethyl adjacent to an activating group) is 1. The number of carboxylic acids is 1. The van der Waals surface area contributed by atoms with Crippen LogP contribution in [0.25, 0.3) is 0 Å². The summed E-state index contributed by atoms with van der Waals surface area (Å²) >= 11 is 2.17. The van der Waals surface area contributed by atoms with E-state index in [1.165, 1.54) is 6.07 Å². The van der Waals surface area contributed by atoms with Gasteiger partial charge in [0.25, 0.3) is 0 Å². The lowest BCUT2D eigenvalue weighted by Gasteiger charge is -2.25. The molecule has 0 fully saturated rings. The molecule has 1 rings (SSSR count). The minimum atomic E-state index is -1.06. The lowest BCUT2D eigenvalue weighted by molar-refractivity contribution is 0.0696. The second-order valence-electron chi connectivity index (χ2n) is 4.64. The van der Waals surface area contributed by atoms with E-state index in [4.69, 9.17) is 4.74 Å². The molecule has 0 aliphatic carbocycles. The molecular weight excluding hydrogens is 449 g/mol. The Bertz CT molecular complexity index is 613. The van der Waals surface area contributed by atoms with Crippen molar-refractivity contribution in [1.82, 2.24) is 5.01 Å². The highest BCUT2D eigenvalue weighted by Crippen LogP contribution is 2.30. The number of nitrogens with zero attached hydrogens (tertiary/aromatic N) is 1. The van der Waals surface area contributed by atoms with Crippen molar-refractivity contribution in [3.63, 3.8) is 0 Å². The number of hydrogen-bond donors (Lipinski definition) is 3. The first-order valence-electron chi connectivity index (χ1n) is 6.88. The molecule has 0 spiro atoms. The summed E-state index contributed by atoms with van der Waals surface area (Å²) in [6, 6.07) is 3.08. The lowest BCUT2D eigenvalue weighted by atomic mass is 10.1. The molecule has 0 radical (unpaired) electrons. The molecule has 0 aromatic heterocycles. The van der Waals surface area contributed by atoms with Gasteiger partial charge in [-0.3, -0.25) is 5.32 Å². The van der Waals surface area contributed by atoms with Crippen LogP contribution in [0.4, 0.5) is 16.2 Å². The summed E-state index contributed by atoms with van der Waals surface area (Å²) in [5.74, 6) is -1.06. The number of amides is 1. The molecule has 0 heterocycles. The number of anilines is 2. The highest BCUT2D eigenvalue weighted by atomic mass is 127. The summed E-state index contributed by atoms with van der Waals surface area (Å²) in [5, 5.41) is 13.6. The molecule has 0 aliphatic heterocycles. The van der Waals surface area contributed by atoms with Gasteiger partial charge in [0.05, 0.1) is 27.6 Å².